The third-order valence-electron chi connectivity index (χ3n) is 9.00. The van der Waals surface area contributed by atoms with Crippen molar-refractivity contribution >= 4 is 23.3 Å². The lowest BCUT2D eigenvalue weighted by Crippen LogP contribution is -2.47. The normalized spacial score (nSPS) is 19.9. The molecule has 0 aromatic heterocycles. The zero-order valence-electron chi connectivity index (χ0n) is 30.1. The van der Waals surface area contributed by atoms with Crippen molar-refractivity contribution in [3.63, 3.8) is 0 Å². The van der Waals surface area contributed by atoms with E-state index >= 15 is 0 Å². The van der Waals surface area contributed by atoms with Crippen LogP contribution in [0, 0.1) is 5.92 Å². The molecule has 0 saturated heterocycles. The van der Waals surface area contributed by atoms with Gasteiger partial charge < -0.3 is 30.1 Å². The van der Waals surface area contributed by atoms with Crippen molar-refractivity contribution < 1.29 is 50.5 Å². The maximum Gasteiger partial charge on any atom is 0.416 e. The maximum atomic E-state index is 14.4. The highest BCUT2D eigenvalue weighted by Gasteiger charge is 2.32. The molecule has 0 unspecified atom stereocenters. The number of aliphatic hydroxyl groups is 1. The number of nitrogens with zero attached hydrogens (tertiary/aromatic N) is 2. The molecule has 53 heavy (non-hydrogen) atoms. The molecule has 1 heterocycles. The summed E-state index contributed by atoms with van der Waals surface area (Å²) in [5.74, 6) is -0.452. The molecule has 9 nitrogen and oxygen atoms in total. The Kier molecular flexibility index (Phi) is 14.2. The molecule has 4 atom stereocenters. The lowest BCUT2D eigenvalue weighted by Gasteiger charge is -2.36. The van der Waals surface area contributed by atoms with E-state index in [0.29, 0.717) is 31.7 Å². The molecule has 0 saturated carbocycles. The fraction of sp³-hybridized carbons (Fsp3) is 0.474. The molecule has 1 aliphatic rings. The van der Waals surface area contributed by atoms with E-state index in [1.165, 1.54) is 23.1 Å². The average Bonchev–Trinajstić information content (AvgIpc) is 3.09. The number of rotatable bonds is 8. The monoisotopic (exact) mass is 752 g/mol. The highest BCUT2D eigenvalue weighted by Crippen LogP contribution is 2.32. The summed E-state index contributed by atoms with van der Waals surface area (Å²) >= 11 is 0. The fourth-order valence-electron chi connectivity index (χ4n) is 5.98. The molecule has 0 radical (unpaired) electrons. The summed E-state index contributed by atoms with van der Waals surface area (Å²) in [5.41, 5.74) is -0.412. The second kappa shape index (κ2) is 18.1. The minimum absolute atomic E-state index is 0.126. The van der Waals surface area contributed by atoms with Gasteiger partial charge in [0, 0.05) is 43.5 Å². The quantitative estimate of drug-likeness (QED) is 0.200. The van der Waals surface area contributed by atoms with Crippen LogP contribution in [0.3, 0.4) is 0 Å². The highest BCUT2D eigenvalue weighted by molar-refractivity contribution is 6.02. The van der Waals surface area contributed by atoms with Crippen LogP contribution in [-0.2, 0) is 23.6 Å². The van der Waals surface area contributed by atoms with Crippen LogP contribution in [0.2, 0.25) is 0 Å². The van der Waals surface area contributed by atoms with Crippen LogP contribution >= 0.6 is 0 Å². The van der Waals surface area contributed by atoms with Crippen LogP contribution in [-0.4, -0.2) is 78.4 Å². The Morgan fingerprint density at radius 3 is 2.11 bits per heavy atom. The van der Waals surface area contributed by atoms with E-state index in [1.54, 1.807) is 19.1 Å². The first kappa shape index (κ1) is 41.4. The lowest BCUT2D eigenvalue weighted by molar-refractivity contribution is -0.138. The van der Waals surface area contributed by atoms with Crippen molar-refractivity contribution in [2.45, 2.75) is 77.2 Å². The molecule has 290 valence electrons. The number of ether oxygens (including phenoxy) is 2. The largest absolute Gasteiger partial charge is 0.490 e. The molecule has 0 spiro atoms. The minimum Gasteiger partial charge on any atom is -0.490 e. The van der Waals surface area contributed by atoms with Crippen LogP contribution in [0.4, 0.5) is 42.5 Å². The van der Waals surface area contributed by atoms with Crippen molar-refractivity contribution in [3.05, 3.63) is 89.0 Å². The van der Waals surface area contributed by atoms with Gasteiger partial charge in [-0.05, 0) is 100 Å². The van der Waals surface area contributed by atoms with Gasteiger partial charge in [-0.25, -0.2) is 4.79 Å². The van der Waals surface area contributed by atoms with E-state index in [9.17, 15) is 41.0 Å². The van der Waals surface area contributed by atoms with Crippen molar-refractivity contribution in [3.8, 4) is 5.75 Å². The van der Waals surface area contributed by atoms with Gasteiger partial charge in [0.1, 0.15) is 5.75 Å². The maximum absolute atomic E-state index is 14.4. The van der Waals surface area contributed by atoms with Crippen molar-refractivity contribution in [2.24, 2.45) is 5.92 Å². The third kappa shape index (κ3) is 12.1. The molecular weight excluding hydrogens is 706 g/mol. The number of urea groups is 1. The Bertz CT molecular complexity index is 1650. The molecule has 3 amide bonds. The van der Waals surface area contributed by atoms with Gasteiger partial charge in [0.25, 0.3) is 5.91 Å². The number of fused-ring (bicyclic) bond motifs is 1. The molecule has 3 N–H and O–H groups in total. The molecule has 0 fully saturated rings. The van der Waals surface area contributed by atoms with E-state index in [0.717, 1.165) is 49.2 Å². The van der Waals surface area contributed by atoms with Gasteiger partial charge in [0.05, 0.1) is 41.5 Å². The molecule has 3 aromatic rings. The number of hydrogen-bond donors (Lipinski definition) is 3. The van der Waals surface area contributed by atoms with Crippen LogP contribution in [0.1, 0.15) is 67.1 Å². The van der Waals surface area contributed by atoms with Gasteiger partial charge in [-0.2, -0.15) is 26.3 Å². The Hall–Kier alpha value is -4.34. The van der Waals surface area contributed by atoms with E-state index < -0.39 is 41.5 Å². The Labute approximate surface area is 305 Å². The van der Waals surface area contributed by atoms with Gasteiger partial charge in [0.2, 0.25) is 0 Å². The smallest absolute Gasteiger partial charge is 0.416 e. The van der Waals surface area contributed by atoms with Gasteiger partial charge in [-0.3, -0.25) is 9.69 Å². The molecule has 4 rings (SSSR count). The second-order valence-corrected chi connectivity index (χ2v) is 13.6. The molecule has 0 bridgehead atoms. The number of halogens is 6. The molecule has 0 aliphatic carbocycles. The molecule has 3 aromatic carbocycles. The second-order valence-electron chi connectivity index (χ2n) is 13.6. The Balaban J connectivity index is 1.55. The Morgan fingerprint density at radius 1 is 0.925 bits per heavy atom. The zero-order chi connectivity index (χ0) is 38.9. The van der Waals surface area contributed by atoms with Crippen LogP contribution in [0.15, 0.2) is 66.7 Å². The standard InChI is InChI=1S/C38H46F6N4O5/c1-24-20-48(25(2)23-49)35(50)32-19-31(46-36(51)45-30-14-12-29(13-15-30)38(42,43)44)16-17-33(32)53-26(3)7-5-6-18-52-34(24)22-47(4)21-27-8-10-28(11-9-27)37(39,40)41/h8-17,19,24-26,34,49H,5-7,18,20-23H2,1-4H3,(H2,45,46,51)/t24-,25-,26+,34+/m0/s1. The lowest BCUT2D eigenvalue weighted by atomic mass is 10.0. The summed E-state index contributed by atoms with van der Waals surface area (Å²) in [7, 11) is 1.84. The first-order valence-electron chi connectivity index (χ1n) is 17.4. The summed E-state index contributed by atoms with van der Waals surface area (Å²) in [4.78, 5) is 30.7. The summed E-state index contributed by atoms with van der Waals surface area (Å²) < 4.78 is 90.7. The minimum atomic E-state index is -4.52. The SMILES string of the molecule is C[C@@H]1CCCCO[C@H](CN(C)Cc2ccc(C(F)(F)F)cc2)[C@@H](C)CN([C@@H](C)CO)C(=O)c2cc(NC(=O)Nc3ccc(C(F)(F)F)cc3)ccc2O1. The highest BCUT2D eigenvalue weighted by atomic mass is 19.4. The van der Waals surface area contributed by atoms with Gasteiger partial charge in [0.15, 0.2) is 0 Å². The van der Waals surface area contributed by atoms with Crippen molar-refractivity contribution in [1.29, 1.82) is 0 Å². The number of anilines is 2. The van der Waals surface area contributed by atoms with Crippen molar-refractivity contribution in [2.75, 3.05) is 44.0 Å². The number of carbonyl (C=O) groups excluding carboxylic acids is 2. The number of carbonyl (C=O) groups is 2. The number of benzene rings is 3. The number of hydrogen-bond acceptors (Lipinski definition) is 6. The first-order chi connectivity index (χ1) is 24.9. The van der Waals surface area contributed by atoms with Gasteiger partial charge >= 0.3 is 18.4 Å². The zero-order valence-corrected chi connectivity index (χ0v) is 30.1. The predicted octanol–water partition coefficient (Wildman–Crippen LogP) is 8.30. The predicted molar refractivity (Wildman–Crippen MR) is 189 cm³/mol. The van der Waals surface area contributed by atoms with Gasteiger partial charge in [-0.15, -0.1) is 0 Å². The average molecular weight is 753 g/mol. The van der Waals surface area contributed by atoms with E-state index in [1.807, 2.05) is 25.8 Å². The summed E-state index contributed by atoms with van der Waals surface area (Å²) in [6.07, 6.45) is -7.47. The topological polar surface area (TPSA) is 103 Å². The Morgan fingerprint density at radius 2 is 1.51 bits per heavy atom. The number of alkyl halides is 6. The van der Waals surface area contributed by atoms with E-state index in [-0.39, 0.29) is 54.0 Å². The number of likely N-dealkylation sites (N-methyl/N-ethyl adjacent to an activating group) is 1. The fourth-order valence-corrected chi connectivity index (χ4v) is 5.98. The molecule has 15 heteroatoms. The summed E-state index contributed by atoms with van der Waals surface area (Å²) in [6.45, 7) is 6.54. The number of nitrogens with one attached hydrogen (secondary N) is 2. The van der Waals surface area contributed by atoms with Crippen LogP contribution < -0.4 is 15.4 Å². The first-order valence-corrected chi connectivity index (χ1v) is 17.4. The number of aliphatic hydroxyl groups excluding tert-OH is 1. The molecule has 1 aliphatic heterocycles. The van der Waals surface area contributed by atoms with E-state index in [2.05, 4.69) is 10.6 Å². The summed E-state index contributed by atoms with van der Waals surface area (Å²) in [5, 5.41) is 15.3. The van der Waals surface area contributed by atoms with Gasteiger partial charge in [-0.1, -0.05) is 19.1 Å². The summed E-state index contributed by atoms with van der Waals surface area (Å²) in [6, 6.07) is 12.2. The van der Waals surface area contributed by atoms with Crippen molar-refractivity contribution in [1.82, 2.24) is 9.80 Å². The number of amides is 3. The molecular formula is C38H46F6N4O5. The van der Waals surface area contributed by atoms with Crippen LogP contribution in [0.5, 0.6) is 5.75 Å². The third-order valence-corrected chi connectivity index (χ3v) is 9.00. The van der Waals surface area contributed by atoms with Crippen LogP contribution in [0.25, 0.3) is 0 Å². The van der Waals surface area contributed by atoms with E-state index in [4.69, 9.17) is 9.47 Å².